The third kappa shape index (κ3) is 3.77. The standard InChI is InChI=1S/C14H19ClO4/c1-8(14(2,3)4)19-12-10(15)6-9(13(16)17)7-11(12)18-5/h6-8H,1-5H3,(H,16,17). The second kappa shape index (κ2) is 5.70. The molecule has 106 valence electrons. The second-order valence-corrected chi connectivity index (χ2v) is 5.83. The van der Waals surface area contributed by atoms with Crippen LogP contribution < -0.4 is 9.47 Å². The molecule has 19 heavy (non-hydrogen) atoms. The van der Waals surface area contributed by atoms with Crippen LogP contribution in [0.3, 0.4) is 0 Å². The number of methoxy groups -OCH3 is 1. The Bertz CT molecular complexity index is 477. The fourth-order valence-corrected chi connectivity index (χ4v) is 1.57. The normalized spacial score (nSPS) is 12.9. The van der Waals surface area contributed by atoms with Gasteiger partial charge in [-0.2, -0.15) is 0 Å². The molecule has 1 unspecified atom stereocenters. The first-order chi connectivity index (χ1) is 8.66. The average molecular weight is 287 g/mol. The fraction of sp³-hybridized carbons (Fsp3) is 0.500. The van der Waals surface area contributed by atoms with E-state index in [1.165, 1.54) is 19.2 Å². The van der Waals surface area contributed by atoms with Crippen LogP contribution in [0.4, 0.5) is 0 Å². The van der Waals surface area contributed by atoms with E-state index >= 15 is 0 Å². The van der Waals surface area contributed by atoms with E-state index in [1.54, 1.807) is 0 Å². The minimum absolute atomic E-state index is 0.0672. The maximum Gasteiger partial charge on any atom is 0.335 e. The molecule has 1 aromatic rings. The van der Waals surface area contributed by atoms with E-state index in [-0.39, 0.29) is 22.1 Å². The van der Waals surface area contributed by atoms with E-state index in [0.717, 1.165) is 0 Å². The topological polar surface area (TPSA) is 55.8 Å². The molecule has 1 rings (SSSR count). The van der Waals surface area contributed by atoms with Gasteiger partial charge in [0.1, 0.15) is 6.10 Å². The summed E-state index contributed by atoms with van der Waals surface area (Å²) < 4.78 is 11.0. The van der Waals surface area contributed by atoms with Crippen molar-refractivity contribution in [1.29, 1.82) is 0 Å². The van der Waals surface area contributed by atoms with Crippen molar-refractivity contribution in [2.75, 3.05) is 7.11 Å². The summed E-state index contributed by atoms with van der Waals surface area (Å²) in [5.74, 6) is -0.367. The van der Waals surface area contributed by atoms with Gasteiger partial charge in [0.15, 0.2) is 11.5 Å². The molecule has 0 spiro atoms. The number of carboxylic acids is 1. The smallest absolute Gasteiger partial charge is 0.335 e. The van der Waals surface area contributed by atoms with Gasteiger partial charge in [0.25, 0.3) is 0 Å². The van der Waals surface area contributed by atoms with Crippen LogP contribution in [0.15, 0.2) is 12.1 Å². The van der Waals surface area contributed by atoms with Crippen molar-refractivity contribution in [3.8, 4) is 11.5 Å². The number of carbonyl (C=O) groups is 1. The summed E-state index contributed by atoms with van der Waals surface area (Å²) in [6.45, 7) is 8.07. The van der Waals surface area contributed by atoms with E-state index in [2.05, 4.69) is 0 Å². The van der Waals surface area contributed by atoms with Crippen LogP contribution in [0.5, 0.6) is 11.5 Å². The van der Waals surface area contributed by atoms with Crippen LogP contribution in [0, 0.1) is 5.41 Å². The lowest BCUT2D eigenvalue weighted by molar-refractivity contribution is 0.0695. The molecule has 1 aromatic carbocycles. The van der Waals surface area contributed by atoms with Crippen LogP contribution in [0.2, 0.25) is 5.02 Å². The van der Waals surface area contributed by atoms with E-state index in [4.69, 9.17) is 26.2 Å². The zero-order valence-corrected chi connectivity index (χ0v) is 12.5. The lowest BCUT2D eigenvalue weighted by atomic mass is 9.90. The van der Waals surface area contributed by atoms with Crippen molar-refractivity contribution < 1.29 is 19.4 Å². The minimum atomic E-state index is -1.06. The fourth-order valence-electron chi connectivity index (χ4n) is 1.31. The zero-order valence-electron chi connectivity index (χ0n) is 11.8. The lowest BCUT2D eigenvalue weighted by Gasteiger charge is -2.29. The molecule has 4 nitrogen and oxygen atoms in total. The summed E-state index contributed by atoms with van der Waals surface area (Å²) in [7, 11) is 1.45. The first-order valence-corrected chi connectivity index (χ1v) is 6.32. The Balaban J connectivity index is 3.17. The Morgan fingerprint density at radius 2 is 1.95 bits per heavy atom. The summed E-state index contributed by atoms with van der Waals surface area (Å²) in [4.78, 5) is 11.0. The molecule has 1 atom stereocenters. The van der Waals surface area contributed by atoms with Gasteiger partial charge in [0.2, 0.25) is 0 Å². The molecule has 0 aliphatic rings. The SMILES string of the molecule is COc1cc(C(=O)O)cc(Cl)c1OC(C)C(C)(C)C. The molecule has 1 N–H and O–H groups in total. The number of ether oxygens (including phenoxy) is 2. The maximum absolute atomic E-state index is 11.0. The predicted octanol–water partition coefficient (Wildman–Crippen LogP) is 3.86. The molecule has 5 heteroatoms. The molecule has 0 bridgehead atoms. The Labute approximate surface area is 118 Å². The molecule has 0 heterocycles. The van der Waals surface area contributed by atoms with Crippen LogP contribution in [-0.2, 0) is 0 Å². The van der Waals surface area contributed by atoms with Gasteiger partial charge in [0.05, 0.1) is 17.7 Å². The number of aromatic carboxylic acids is 1. The van der Waals surface area contributed by atoms with Gasteiger partial charge in [-0.25, -0.2) is 4.79 Å². The predicted molar refractivity (Wildman–Crippen MR) is 74.5 cm³/mol. The molecule has 0 aliphatic carbocycles. The minimum Gasteiger partial charge on any atom is -0.493 e. The maximum atomic E-state index is 11.0. The molecule has 0 aromatic heterocycles. The van der Waals surface area contributed by atoms with Crippen LogP contribution in [-0.4, -0.2) is 24.3 Å². The number of hydrogen-bond donors (Lipinski definition) is 1. The molecular weight excluding hydrogens is 268 g/mol. The number of carboxylic acid groups (broad SMARTS) is 1. The molecule has 0 saturated heterocycles. The second-order valence-electron chi connectivity index (χ2n) is 5.42. The van der Waals surface area contributed by atoms with Crippen molar-refractivity contribution in [2.24, 2.45) is 5.41 Å². The average Bonchev–Trinajstić information content (AvgIpc) is 2.29. The Morgan fingerprint density at radius 1 is 1.37 bits per heavy atom. The number of rotatable bonds is 4. The highest BCUT2D eigenvalue weighted by Gasteiger charge is 2.25. The number of halogens is 1. The molecule has 0 radical (unpaired) electrons. The first kappa shape index (κ1) is 15.6. The summed E-state index contributed by atoms with van der Waals surface area (Å²) in [6.07, 6.45) is -0.102. The molecule has 0 aliphatic heterocycles. The van der Waals surface area contributed by atoms with Crippen molar-refractivity contribution in [1.82, 2.24) is 0 Å². The van der Waals surface area contributed by atoms with Crippen molar-refractivity contribution in [3.63, 3.8) is 0 Å². The van der Waals surface area contributed by atoms with Gasteiger partial charge in [-0.3, -0.25) is 0 Å². The summed E-state index contributed by atoms with van der Waals surface area (Å²) in [6, 6.07) is 2.76. The van der Waals surface area contributed by atoms with Gasteiger partial charge < -0.3 is 14.6 Å². The largest absolute Gasteiger partial charge is 0.493 e. The lowest BCUT2D eigenvalue weighted by Crippen LogP contribution is -2.29. The van der Waals surface area contributed by atoms with Crippen molar-refractivity contribution in [2.45, 2.75) is 33.8 Å². The number of benzene rings is 1. The quantitative estimate of drug-likeness (QED) is 0.913. The molecular formula is C14H19ClO4. The van der Waals surface area contributed by atoms with E-state index in [0.29, 0.717) is 11.5 Å². The number of hydrogen-bond acceptors (Lipinski definition) is 3. The highest BCUT2D eigenvalue weighted by Crippen LogP contribution is 2.38. The third-order valence-electron chi connectivity index (χ3n) is 2.99. The van der Waals surface area contributed by atoms with Crippen molar-refractivity contribution >= 4 is 17.6 Å². The summed E-state index contributed by atoms with van der Waals surface area (Å²) >= 11 is 6.08. The van der Waals surface area contributed by atoms with E-state index in [1.807, 2.05) is 27.7 Å². The highest BCUT2D eigenvalue weighted by atomic mass is 35.5. The molecule has 0 fully saturated rings. The van der Waals surface area contributed by atoms with E-state index in [9.17, 15) is 4.79 Å². The molecule has 0 amide bonds. The van der Waals surface area contributed by atoms with Gasteiger partial charge >= 0.3 is 5.97 Å². The van der Waals surface area contributed by atoms with Crippen molar-refractivity contribution in [3.05, 3.63) is 22.7 Å². The van der Waals surface area contributed by atoms with E-state index < -0.39 is 5.97 Å². The van der Waals surface area contributed by atoms with Gasteiger partial charge in [0, 0.05) is 0 Å². The molecule has 0 saturated carbocycles. The van der Waals surface area contributed by atoms with Crippen LogP contribution in [0.1, 0.15) is 38.1 Å². The first-order valence-electron chi connectivity index (χ1n) is 5.94. The zero-order chi connectivity index (χ0) is 14.8. The summed E-state index contributed by atoms with van der Waals surface area (Å²) in [5, 5.41) is 9.21. The highest BCUT2D eigenvalue weighted by molar-refractivity contribution is 6.32. The van der Waals surface area contributed by atoms with Gasteiger partial charge in [-0.15, -0.1) is 0 Å². The Hall–Kier alpha value is -1.42. The third-order valence-corrected chi connectivity index (χ3v) is 3.27. The van der Waals surface area contributed by atoms with Crippen LogP contribution in [0.25, 0.3) is 0 Å². The van der Waals surface area contributed by atoms with Gasteiger partial charge in [-0.1, -0.05) is 32.4 Å². The van der Waals surface area contributed by atoms with Gasteiger partial charge in [-0.05, 0) is 24.5 Å². The summed E-state index contributed by atoms with van der Waals surface area (Å²) in [5.41, 5.74) is -0.00240. The Morgan fingerprint density at radius 3 is 2.37 bits per heavy atom. The monoisotopic (exact) mass is 286 g/mol. The van der Waals surface area contributed by atoms with Crippen LogP contribution >= 0.6 is 11.6 Å². The Kier molecular flexibility index (Phi) is 4.69.